The zero-order chi connectivity index (χ0) is 18.9. The van der Waals surface area contributed by atoms with Gasteiger partial charge < -0.3 is 5.32 Å². The number of anilines is 1. The highest BCUT2D eigenvalue weighted by molar-refractivity contribution is 5.90. The van der Waals surface area contributed by atoms with Gasteiger partial charge in [0, 0.05) is 5.69 Å². The fraction of sp³-hybridized carbons (Fsp3) is 0.167. The smallest absolute Gasteiger partial charge is 0.325 e. The first-order valence-electron chi connectivity index (χ1n) is 7.67. The zero-order valence-corrected chi connectivity index (χ0v) is 13.7. The van der Waals surface area contributed by atoms with Crippen LogP contribution in [0.4, 0.5) is 18.9 Å². The second kappa shape index (κ2) is 6.62. The lowest BCUT2D eigenvalue weighted by atomic mass is 10.2. The van der Waals surface area contributed by atoms with Crippen molar-refractivity contribution in [2.75, 3.05) is 5.32 Å². The van der Waals surface area contributed by atoms with E-state index in [0.29, 0.717) is 10.9 Å². The molecule has 0 atom stereocenters. The Kier molecular flexibility index (Phi) is 4.50. The normalized spacial score (nSPS) is 11.5. The van der Waals surface area contributed by atoms with Crippen molar-refractivity contribution >= 4 is 22.5 Å². The summed E-state index contributed by atoms with van der Waals surface area (Å²) >= 11 is 0. The minimum absolute atomic E-state index is 0.209. The summed E-state index contributed by atoms with van der Waals surface area (Å²) in [7, 11) is 0. The molecule has 0 spiro atoms. The van der Waals surface area contributed by atoms with E-state index in [1.807, 2.05) is 13.0 Å². The van der Waals surface area contributed by atoms with E-state index in [-0.39, 0.29) is 17.8 Å². The van der Waals surface area contributed by atoms with E-state index in [0.717, 1.165) is 34.4 Å². The van der Waals surface area contributed by atoms with E-state index in [9.17, 15) is 22.8 Å². The van der Waals surface area contributed by atoms with E-state index in [4.69, 9.17) is 0 Å². The predicted octanol–water partition coefficient (Wildman–Crippen LogP) is 3.36. The number of nitrogens with one attached hydrogen (secondary N) is 1. The third kappa shape index (κ3) is 3.74. The van der Waals surface area contributed by atoms with Gasteiger partial charge in [0.25, 0.3) is 5.56 Å². The number of benzene rings is 2. The van der Waals surface area contributed by atoms with Crippen LogP contribution in [-0.2, 0) is 17.5 Å². The summed E-state index contributed by atoms with van der Waals surface area (Å²) in [6.07, 6.45) is -3.17. The van der Waals surface area contributed by atoms with Gasteiger partial charge in [-0.15, -0.1) is 0 Å². The van der Waals surface area contributed by atoms with Crippen LogP contribution in [0.3, 0.4) is 0 Å². The molecule has 8 heteroatoms. The van der Waals surface area contributed by atoms with Gasteiger partial charge in [-0.25, -0.2) is 4.98 Å². The number of aryl methyl sites for hydroxylation is 1. The van der Waals surface area contributed by atoms with E-state index in [1.165, 1.54) is 6.33 Å². The van der Waals surface area contributed by atoms with Crippen molar-refractivity contribution in [3.8, 4) is 0 Å². The molecule has 0 unspecified atom stereocenters. The molecule has 0 aliphatic rings. The van der Waals surface area contributed by atoms with Gasteiger partial charge in [-0.1, -0.05) is 11.6 Å². The molecule has 0 aliphatic heterocycles. The number of fused-ring (bicyclic) bond motifs is 1. The molecule has 1 heterocycles. The van der Waals surface area contributed by atoms with Crippen molar-refractivity contribution in [3.05, 3.63) is 70.3 Å². The van der Waals surface area contributed by atoms with Crippen molar-refractivity contribution in [2.45, 2.75) is 19.6 Å². The van der Waals surface area contributed by atoms with E-state index in [1.54, 1.807) is 12.1 Å². The summed E-state index contributed by atoms with van der Waals surface area (Å²) in [6.45, 7) is 1.55. The van der Waals surface area contributed by atoms with Crippen LogP contribution in [0.2, 0.25) is 0 Å². The van der Waals surface area contributed by atoms with Crippen LogP contribution in [0, 0.1) is 6.92 Å². The number of rotatable bonds is 3. The third-order valence-electron chi connectivity index (χ3n) is 3.79. The molecule has 134 valence electrons. The summed E-state index contributed by atoms with van der Waals surface area (Å²) in [6, 6.07) is 9.31. The highest BCUT2D eigenvalue weighted by Gasteiger charge is 2.29. The zero-order valence-electron chi connectivity index (χ0n) is 13.7. The molecular weight excluding hydrogens is 347 g/mol. The predicted molar refractivity (Wildman–Crippen MR) is 90.8 cm³/mol. The van der Waals surface area contributed by atoms with E-state index in [2.05, 4.69) is 10.3 Å². The fourth-order valence-corrected chi connectivity index (χ4v) is 2.48. The van der Waals surface area contributed by atoms with Gasteiger partial charge in [0.15, 0.2) is 0 Å². The van der Waals surface area contributed by atoms with Crippen LogP contribution in [-0.4, -0.2) is 15.5 Å². The Morgan fingerprint density at radius 1 is 1.15 bits per heavy atom. The Bertz CT molecular complexity index is 1020. The number of amides is 1. The number of hydrogen-bond donors (Lipinski definition) is 1. The molecule has 3 aromatic rings. The van der Waals surface area contributed by atoms with Crippen LogP contribution in [0.1, 0.15) is 11.1 Å². The summed E-state index contributed by atoms with van der Waals surface area (Å²) < 4.78 is 38.8. The minimum Gasteiger partial charge on any atom is -0.325 e. The number of carbonyl (C=O) groups excluding carboxylic acids is 1. The molecule has 0 fully saturated rings. The van der Waals surface area contributed by atoms with Crippen LogP contribution in [0.15, 0.2) is 53.6 Å². The first-order valence-corrected chi connectivity index (χ1v) is 7.67. The maximum absolute atomic E-state index is 12.5. The summed E-state index contributed by atoms with van der Waals surface area (Å²) in [5, 5.41) is 2.86. The molecular formula is C18H14F3N3O2. The quantitative estimate of drug-likeness (QED) is 0.778. The first-order chi connectivity index (χ1) is 12.2. The monoisotopic (exact) mass is 361 g/mol. The molecule has 0 aliphatic carbocycles. The molecule has 0 saturated heterocycles. The Morgan fingerprint density at radius 3 is 2.50 bits per heavy atom. The molecule has 1 amide bonds. The highest BCUT2D eigenvalue weighted by atomic mass is 19.4. The van der Waals surface area contributed by atoms with Gasteiger partial charge in [0.1, 0.15) is 6.54 Å². The van der Waals surface area contributed by atoms with Gasteiger partial charge in [-0.2, -0.15) is 13.2 Å². The number of aromatic nitrogens is 2. The lowest BCUT2D eigenvalue weighted by Gasteiger charge is -2.10. The van der Waals surface area contributed by atoms with Gasteiger partial charge in [-0.05, 0) is 43.3 Å². The van der Waals surface area contributed by atoms with Crippen molar-refractivity contribution < 1.29 is 18.0 Å². The molecule has 26 heavy (non-hydrogen) atoms. The SMILES string of the molecule is Cc1ccc2ncn(CC(=O)Nc3ccc(C(F)(F)F)cc3)c(=O)c2c1. The molecule has 2 aromatic carbocycles. The molecule has 1 N–H and O–H groups in total. The number of halogens is 3. The second-order valence-corrected chi connectivity index (χ2v) is 5.82. The number of hydrogen-bond acceptors (Lipinski definition) is 3. The van der Waals surface area contributed by atoms with Crippen molar-refractivity contribution in [1.82, 2.24) is 9.55 Å². The summed E-state index contributed by atoms with van der Waals surface area (Å²) in [5.74, 6) is -0.541. The molecule has 0 radical (unpaired) electrons. The van der Waals surface area contributed by atoms with Crippen molar-refractivity contribution in [1.29, 1.82) is 0 Å². The number of carbonyl (C=O) groups is 1. The average molecular weight is 361 g/mol. The lowest BCUT2D eigenvalue weighted by molar-refractivity contribution is -0.137. The summed E-state index contributed by atoms with van der Waals surface area (Å²) in [5.41, 5.74) is 0.464. The molecule has 5 nitrogen and oxygen atoms in total. The van der Waals surface area contributed by atoms with E-state index >= 15 is 0 Å². The summed E-state index contributed by atoms with van der Waals surface area (Å²) in [4.78, 5) is 28.7. The topological polar surface area (TPSA) is 64.0 Å². The highest BCUT2D eigenvalue weighted by Crippen LogP contribution is 2.29. The molecule has 0 bridgehead atoms. The second-order valence-electron chi connectivity index (χ2n) is 5.82. The van der Waals surface area contributed by atoms with Gasteiger partial charge in [0.05, 0.1) is 22.8 Å². The molecule has 0 saturated carbocycles. The third-order valence-corrected chi connectivity index (χ3v) is 3.79. The maximum atomic E-state index is 12.5. The van der Waals surface area contributed by atoms with Crippen LogP contribution >= 0.6 is 0 Å². The van der Waals surface area contributed by atoms with Gasteiger partial charge >= 0.3 is 6.18 Å². The number of nitrogens with zero attached hydrogens (tertiary/aromatic N) is 2. The van der Waals surface area contributed by atoms with E-state index < -0.39 is 17.6 Å². The minimum atomic E-state index is -4.44. The Morgan fingerprint density at radius 2 is 1.85 bits per heavy atom. The van der Waals surface area contributed by atoms with Crippen molar-refractivity contribution in [3.63, 3.8) is 0 Å². The first kappa shape index (κ1) is 17.7. The van der Waals surface area contributed by atoms with Crippen LogP contribution < -0.4 is 10.9 Å². The van der Waals surface area contributed by atoms with Gasteiger partial charge in [0.2, 0.25) is 5.91 Å². The lowest BCUT2D eigenvalue weighted by Crippen LogP contribution is -2.28. The number of alkyl halides is 3. The fourth-order valence-electron chi connectivity index (χ4n) is 2.48. The Balaban J connectivity index is 1.77. The van der Waals surface area contributed by atoms with Gasteiger partial charge in [-0.3, -0.25) is 14.2 Å². The van der Waals surface area contributed by atoms with Crippen LogP contribution in [0.5, 0.6) is 0 Å². The van der Waals surface area contributed by atoms with Crippen LogP contribution in [0.25, 0.3) is 10.9 Å². The average Bonchev–Trinajstić information content (AvgIpc) is 2.57. The maximum Gasteiger partial charge on any atom is 0.416 e. The largest absolute Gasteiger partial charge is 0.416 e. The van der Waals surface area contributed by atoms with Crippen molar-refractivity contribution in [2.24, 2.45) is 0 Å². The molecule has 3 rings (SSSR count). The Labute approximate surface area is 146 Å². The molecule has 1 aromatic heterocycles. The Hall–Kier alpha value is -3.16. The standard InChI is InChI=1S/C18H14F3N3O2/c1-11-2-7-15-14(8-11)17(26)24(10-22-15)9-16(25)23-13-5-3-12(4-6-13)18(19,20)21/h2-8,10H,9H2,1H3,(H,23,25).